The Morgan fingerprint density at radius 2 is 2.00 bits per heavy atom. The highest BCUT2D eigenvalue weighted by atomic mass is 35.5. The summed E-state index contributed by atoms with van der Waals surface area (Å²) in [5.74, 6) is -1.36. The third-order valence-electron chi connectivity index (χ3n) is 3.37. The molecule has 0 aliphatic rings. The van der Waals surface area contributed by atoms with E-state index in [2.05, 4.69) is 5.32 Å². The molecule has 1 rings (SSSR count). The van der Waals surface area contributed by atoms with Crippen molar-refractivity contribution >= 4 is 23.5 Å². The Morgan fingerprint density at radius 1 is 1.35 bits per heavy atom. The normalized spacial score (nSPS) is 13.6. The lowest BCUT2D eigenvalue weighted by Gasteiger charge is -2.20. The molecular weight excluding hydrogens is 278 g/mol. The molecule has 2 N–H and O–H groups in total. The van der Waals surface area contributed by atoms with E-state index in [9.17, 15) is 9.59 Å². The number of rotatable bonds is 7. The quantitative estimate of drug-likeness (QED) is 0.813. The van der Waals surface area contributed by atoms with Gasteiger partial charge in [-0.2, -0.15) is 0 Å². The van der Waals surface area contributed by atoms with Crippen LogP contribution in [0, 0.1) is 5.92 Å². The predicted octanol–water partition coefficient (Wildman–Crippen LogP) is 2.89. The first-order chi connectivity index (χ1) is 9.45. The second-order valence-corrected chi connectivity index (χ2v) is 5.27. The lowest BCUT2D eigenvalue weighted by molar-refractivity contribution is -0.143. The maximum atomic E-state index is 11.8. The zero-order valence-corrected chi connectivity index (χ0v) is 12.5. The summed E-state index contributed by atoms with van der Waals surface area (Å²) in [5, 5.41) is 12.3. The highest BCUT2D eigenvalue weighted by Gasteiger charge is 2.24. The smallest absolute Gasteiger partial charge is 0.326 e. The summed E-state index contributed by atoms with van der Waals surface area (Å²) >= 11 is 6.01. The van der Waals surface area contributed by atoms with E-state index < -0.39 is 12.0 Å². The molecular formula is C15H20ClNO3. The first kappa shape index (κ1) is 16.5. The molecule has 1 aromatic rings. The fraction of sp³-hybridized carbons (Fsp3) is 0.467. The van der Waals surface area contributed by atoms with Gasteiger partial charge in [-0.3, -0.25) is 4.79 Å². The van der Waals surface area contributed by atoms with Crippen molar-refractivity contribution in [2.75, 3.05) is 0 Å². The van der Waals surface area contributed by atoms with Gasteiger partial charge in [0.15, 0.2) is 0 Å². The average molecular weight is 298 g/mol. The van der Waals surface area contributed by atoms with E-state index in [1.807, 2.05) is 32.0 Å². The third kappa shape index (κ3) is 4.85. The monoisotopic (exact) mass is 297 g/mol. The number of carbonyl (C=O) groups excluding carboxylic acids is 1. The van der Waals surface area contributed by atoms with Gasteiger partial charge in [-0.15, -0.1) is 0 Å². The summed E-state index contributed by atoms with van der Waals surface area (Å²) in [6.45, 7) is 3.71. The number of amides is 1. The molecule has 110 valence electrons. The number of hydrogen-bond donors (Lipinski definition) is 2. The minimum atomic E-state index is -0.995. The van der Waals surface area contributed by atoms with Crippen LogP contribution in [0.15, 0.2) is 24.3 Å². The van der Waals surface area contributed by atoms with Crippen LogP contribution in [0.25, 0.3) is 0 Å². The molecule has 0 aromatic heterocycles. The van der Waals surface area contributed by atoms with Crippen LogP contribution in [0.4, 0.5) is 0 Å². The Bertz CT molecular complexity index is 476. The molecule has 0 spiro atoms. The molecule has 5 heteroatoms. The maximum absolute atomic E-state index is 11.8. The molecule has 0 bridgehead atoms. The molecule has 4 nitrogen and oxygen atoms in total. The van der Waals surface area contributed by atoms with Crippen molar-refractivity contribution in [3.63, 3.8) is 0 Å². The standard InChI is InChI=1S/C15H20ClNO3/c1-3-10(2)14(15(19)20)17-13(18)9-8-11-6-4-5-7-12(11)16/h4-7,10,14H,3,8-9H2,1-2H3,(H,17,18)(H,19,20)/t10-,14-/m0/s1. The van der Waals surface area contributed by atoms with Crippen LogP contribution in [-0.2, 0) is 16.0 Å². The van der Waals surface area contributed by atoms with Crippen molar-refractivity contribution in [3.05, 3.63) is 34.9 Å². The molecule has 0 unspecified atom stereocenters. The minimum absolute atomic E-state index is 0.100. The number of nitrogens with one attached hydrogen (secondary N) is 1. The average Bonchev–Trinajstić information content (AvgIpc) is 2.42. The fourth-order valence-corrected chi connectivity index (χ4v) is 2.11. The molecule has 0 radical (unpaired) electrons. The van der Waals surface area contributed by atoms with Crippen molar-refractivity contribution in [2.45, 2.75) is 39.2 Å². The second kappa shape index (κ2) is 7.90. The van der Waals surface area contributed by atoms with Crippen LogP contribution in [0.5, 0.6) is 0 Å². The molecule has 0 heterocycles. The molecule has 20 heavy (non-hydrogen) atoms. The number of halogens is 1. The maximum Gasteiger partial charge on any atom is 0.326 e. The van der Waals surface area contributed by atoms with E-state index in [0.717, 1.165) is 5.56 Å². The molecule has 0 aliphatic carbocycles. The van der Waals surface area contributed by atoms with Gasteiger partial charge in [0.2, 0.25) is 5.91 Å². The van der Waals surface area contributed by atoms with Crippen molar-refractivity contribution in [1.29, 1.82) is 0 Å². The Balaban J connectivity index is 2.55. The van der Waals surface area contributed by atoms with Gasteiger partial charge in [0, 0.05) is 11.4 Å². The molecule has 1 amide bonds. The SMILES string of the molecule is CC[C@H](C)[C@H](NC(=O)CCc1ccccc1Cl)C(=O)O. The van der Waals surface area contributed by atoms with Crippen LogP contribution in [0.1, 0.15) is 32.3 Å². The first-order valence-corrected chi connectivity index (χ1v) is 7.09. The number of carboxylic acids is 1. The van der Waals surface area contributed by atoms with E-state index in [4.69, 9.17) is 16.7 Å². The van der Waals surface area contributed by atoms with Crippen molar-refractivity contribution in [2.24, 2.45) is 5.92 Å². The van der Waals surface area contributed by atoms with Crippen molar-refractivity contribution < 1.29 is 14.7 Å². The van der Waals surface area contributed by atoms with Crippen LogP contribution < -0.4 is 5.32 Å². The second-order valence-electron chi connectivity index (χ2n) is 4.86. The van der Waals surface area contributed by atoms with Gasteiger partial charge in [-0.1, -0.05) is 50.1 Å². The lowest BCUT2D eigenvalue weighted by Crippen LogP contribution is -2.45. The topological polar surface area (TPSA) is 66.4 Å². The van der Waals surface area contributed by atoms with Gasteiger partial charge in [-0.05, 0) is 24.0 Å². The minimum Gasteiger partial charge on any atom is -0.480 e. The summed E-state index contributed by atoms with van der Waals surface area (Å²) < 4.78 is 0. The summed E-state index contributed by atoms with van der Waals surface area (Å²) in [7, 11) is 0. The number of aliphatic carboxylic acids is 1. The molecule has 1 aromatic carbocycles. The zero-order chi connectivity index (χ0) is 15.1. The van der Waals surface area contributed by atoms with E-state index >= 15 is 0 Å². The Hall–Kier alpha value is -1.55. The molecule has 0 fully saturated rings. The Labute approximate surface area is 124 Å². The summed E-state index contributed by atoms with van der Waals surface area (Å²) in [4.78, 5) is 23.0. The highest BCUT2D eigenvalue weighted by molar-refractivity contribution is 6.31. The van der Waals surface area contributed by atoms with Crippen LogP contribution in [0.2, 0.25) is 5.02 Å². The number of carbonyl (C=O) groups is 2. The number of aryl methyl sites for hydroxylation is 1. The van der Waals surface area contributed by atoms with Crippen LogP contribution >= 0.6 is 11.6 Å². The highest BCUT2D eigenvalue weighted by Crippen LogP contribution is 2.16. The zero-order valence-electron chi connectivity index (χ0n) is 11.7. The van der Waals surface area contributed by atoms with E-state index in [0.29, 0.717) is 17.9 Å². The number of benzene rings is 1. The summed E-state index contributed by atoms with van der Waals surface area (Å²) in [5.41, 5.74) is 0.889. The Morgan fingerprint density at radius 3 is 2.55 bits per heavy atom. The Kier molecular flexibility index (Phi) is 6.52. The lowest BCUT2D eigenvalue weighted by atomic mass is 9.99. The summed E-state index contributed by atoms with van der Waals surface area (Å²) in [6, 6.07) is 6.49. The van der Waals surface area contributed by atoms with Crippen molar-refractivity contribution in [3.8, 4) is 0 Å². The van der Waals surface area contributed by atoms with Gasteiger partial charge in [0.05, 0.1) is 0 Å². The first-order valence-electron chi connectivity index (χ1n) is 6.71. The van der Waals surface area contributed by atoms with Gasteiger partial charge < -0.3 is 10.4 Å². The van der Waals surface area contributed by atoms with Crippen LogP contribution in [-0.4, -0.2) is 23.0 Å². The van der Waals surface area contributed by atoms with Crippen LogP contribution in [0.3, 0.4) is 0 Å². The largest absolute Gasteiger partial charge is 0.480 e. The van der Waals surface area contributed by atoms with Gasteiger partial charge in [0.1, 0.15) is 6.04 Å². The molecule has 2 atom stereocenters. The molecule has 0 aliphatic heterocycles. The van der Waals surface area contributed by atoms with Gasteiger partial charge >= 0.3 is 5.97 Å². The predicted molar refractivity (Wildman–Crippen MR) is 78.8 cm³/mol. The molecule has 0 saturated carbocycles. The third-order valence-corrected chi connectivity index (χ3v) is 3.74. The molecule has 0 saturated heterocycles. The van der Waals surface area contributed by atoms with Crippen molar-refractivity contribution in [1.82, 2.24) is 5.32 Å². The fourth-order valence-electron chi connectivity index (χ4n) is 1.88. The van der Waals surface area contributed by atoms with E-state index in [1.54, 1.807) is 6.07 Å². The van der Waals surface area contributed by atoms with Gasteiger partial charge in [-0.25, -0.2) is 4.79 Å². The van der Waals surface area contributed by atoms with Gasteiger partial charge in [0.25, 0.3) is 0 Å². The number of hydrogen-bond acceptors (Lipinski definition) is 2. The summed E-state index contributed by atoms with van der Waals surface area (Å²) in [6.07, 6.45) is 1.42. The van der Waals surface area contributed by atoms with E-state index in [1.165, 1.54) is 0 Å². The number of carboxylic acid groups (broad SMARTS) is 1. The van der Waals surface area contributed by atoms with E-state index in [-0.39, 0.29) is 18.2 Å².